The maximum Gasteiger partial charge on any atom is 0.211 e. The molecule has 0 spiro atoms. The number of aliphatic imine (C=N–C) groups is 1. The number of piperidine rings is 1. The summed E-state index contributed by atoms with van der Waals surface area (Å²) in [4.78, 5) is 7.12. The van der Waals surface area contributed by atoms with Crippen LogP contribution in [0.5, 0.6) is 0 Å². The lowest BCUT2D eigenvalue weighted by Crippen LogP contribution is -2.48. The van der Waals surface area contributed by atoms with E-state index in [2.05, 4.69) is 54.4 Å². The minimum Gasteiger partial charge on any atom is -0.357 e. The van der Waals surface area contributed by atoms with Crippen molar-refractivity contribution in [3.05, 3.63) is 35.9 Å². The van der Waals surface area contributed by atoms with E-state index in [9.17, 15) is 8.42 Å². The molecule has 0 aliphatic carbocycles. The molecule has 158 valence electrons. The number of sulfonamides is 1. The van der Waals surface area contributed by atoms with Crippen molar-refractivity contribution in [2.45, 2.75) is 39.5 Å². The number of nitrogens with one attached hydrogen (secondary N) is 1. The first-order valence-corrected chi connectivity index (χ1v) is 12.2. The number of rotatable bonds is 8. The molecule has 1 heterocycles. The fourth-order valence-corrected chi connectivity index (χ4v) is 4.88. The van der Waals surface area contributed by atoms with Crippen molar-refractivity contribution in [1.82, 2.24) is 14.5 Å². The first-order valence-electron chi connectivity index (χ1n) is 10.4. The first kappa shape index (κ1) is 22.7. The van der Waals surface area contributed by atoms with Gasteiger partial charge in [0.1, 0.15) is 0 Å². The monoisotopic (exact) mass is 408 g/mol. The summed E-state index contributed by atoms with van der Waals surface area (Å²) in [7, 11) is -3.13. The Balaban J connectivity index is 1.93. The van der Waals surface area contributed by atoms with Crippen LogP contribution in [0.3, 0.4) is 0 Å². The summed E-state index contributed by atoms with van der Waals surface area (Å²) in [6.07, 6.45) is 3.11. The third kappa shape index (κ3) is 6.48. The van der Waals surface area contributed by atoms with Gasteiger partial charge in [-0.25, -0.2) is 12.7 Å². The third-order valence-corrected chi connectivity index (χ3v) is 6.80. The highest BCUT2D eigenvalue weighted by Crippen LogP contribution is 2.32. The van der Waals surface area contributed by atoms with Crippen molar-refractivity contribution in [2.75, 3.05) is 45.5 Å². The molecule has 0 radical (unpaired) electrons. The van der Waals surface area contributed by atoms with Gasteiger partial charge in [0.15, 0.2) is 5.96 Å². The zero-order chi connectivity index (χ0) is 20.6. The van der Waals surface area contributed by atoms with E-state index in [-0.39, 0.29) is 0 Å². The molecule has 0 amide bonds. The zero-order valence-electron chi connectivity index (χ0n) is 17.8. The molecule has 2 atom stereocenters. The number of nitrogens with zero attached hydrogens (tertiary/aromatic N) is 3. The molecular formula is C21H36N4O2S. The van der Waals surface area contributed by atoms with E-state index in [0.29, 0.717) is 31.5 Å². The van der Waals surface area contributed by atoms with Gasteiger partial charge in [0.25, 0.3) is 0 Å². The van der Waals surface area contributed by atoms with Crippen LogP contribution in [0.1, 0.15) is 45.1 Å². The second-order valence-corrected chi connectivity index (χ2v) is 9.56. The molecule has 6 nitrogen and oxygen atoms in total. The summed E-state index contributed by atoms with van der Waals surface area (Å²) in [6.45, 7) is 10.7. The molecule has 0 saturated carbocycles. The van der Waals surface area contributed by atoms with Crippen LogP contribution in [-0.4, -0.2) is 69.1 Å². The van der Waals surface area contributed by atoms with E-state index < -0.39 is 10.0 Å². The third-order valence-electron chi connectivity index (χ3n) is 5.42. The van der Waals surface area contributed by atoms with Crippen molar-refractivity contribution in [3.63, 3.8) is 0 Å². The lowest BCUT2D eigenvalue weighted by molar-refractivity contribution is 0.234. The molecule has 2 rings (SSSR count). The maximum absolute atomic E-state index is 11.7. The fraction of sp³-hybridized carbons (Fsp3) is 0.667. The largest absolute Gasteiger partial charge is 0.357 e. The maximum atomic E-state index is 11.7. The molecule has 1 fully saturated rings. The molecule has 28 heavy (non-hydrogen) atoms. The molecule has 0 aromatic heterocycles. The van der Waals surface area contributed by atoms with Gasteiger partial charge in [-0.2, -0.15) is 0 Å². The standard InChI is InChI=1S/C21H36N4O2S/c1-5-22-21(23-14-10-15-25(6-2)28(4,26)27)24-16-13-20(18(3)17-24)19-11-8-7-9-12-19/h7-9,11-12,18,20H,5-6,10,13-17H2,1-4H3,(H,22,23). The number of hydrogen-bond donors (Lipinski definition) is 1. The summed E-state index contributed by atoms with van der Waals surface area (Å²) in [5.74, 6) is 2.09. The molecule has 0 bridgehead atoms. The zero-order valence-corrected chi connectivity index (χ0v) is 18.6. The van der Waals surface area contributed by atoms with Crippen LogP contribution >= 0.6 is 0 Å². The van der Waals surface area contributed by atoms with Crippen LogP contribution in [0.4, 0.5) is 0 Å². The molecule has 1 aliphatic heterocycles. The first-order chi connectivity index (χ1) is 13.4. The van der Waals surface area contributed by atoms with Crippen LogP contribution < -0.4 is 5.32 Å². The fourth-order valence-electron chi connectivity index (χ4n) is 3.95. The molecule has 1 aromatic carbocycles. The Bertz CT molecular complexity index is 721. The van der Waals surface area contributed by atoms with Gasteiger partial charge in [0.05, 0.1) is 6.26 Å². The van der Waals surface area contributed by atoms with Crippen LogP contribution in [-0.2, 0) is 10.0 Å². The predicted molar refractivity (Wildman–Crippen MR) is 117 cm³/mol. The molecule has 1 aromatic rings. The SMILES string of the molecule is CCNC(=NCCCN(CC)S(C)(=O)=O)N1CCC(c2ccccc2)C(C)C1. The Kier molecular flexibility index (Phi) is 8.76. The highest BCUT2D eigenvalue weighted by molar-refractivity contribution is 7.88. The van der Waals surface area contributed by atoms with E-state index in [1.807, 2.05) is 6.92 Å². The average Bonchev–Trinajstić information content (AvgIpc) is 2.66. The number of benzene rings is 1. The van der Waals surface area contributed by atoms with Gasteiger partial charge in [-0.1, -0.05) is 44.2 Å². The van der Waals surface area contributed by atoms with E-state index in [1.54, 1.807) is 0 Å². The van der Waals surface area contributed by atoms with Crippen LogP contribution in [0.2, 0.25) is 0 Å². The van der Waals surface area contributed by atoms with Gasteiger partial charge in [0.2, 0.25) is 10.0 Å². The topological polar surface area (TPSA) is 65.0 Å². The van der Waals surface area contributed by atoms with Crippen molar-refractivity contribution in [3.8, 4) is 0 Å². The molecular weight excluding hydrogens is 372 g/mol. The number of likely N-dealkylation sites (tertiary alicyclic amines) is 1. The van der Waals surface area contributed by atoms with Gasteiger partial charge in [0, 0.05) is 39.3 Å². The van der Waals surface area contributed by atoms with E-state index in [4.69, 9.17) is 4.99 Å². The molecule has 1 saturated heterocycles. The van der Waals surface area contributed by atoms with E-state index >= 15 is 0 Å². The minimum atomic E-state index is -3.13. The molecule has 1 N–H and O–H groups in total. The van der Waals surface area contributed by atoms with Gasteiger partial charge in [-0.15, -0.1) is 0 Å². The lowest BCUT2D eigenvalue weighted by Gasteiger charge is -2.39. The normalized spacial score (nSPS) is 21.2. The number of hydrogen-bond acceptors (Lipinski definition) is 3. The van der Waals surface area contributed by atoms with Crippen molar-refractivity contribution in [1.29, 1.82) is 0 Å². The molecule has 1 aliphatic rings. The minimum absolute atomic E-state index is 0.507. The summed E-state index contributed by atoms with van der Waals surface area (Å²) in [6, 6.07) is 10.8. The van der Waals surface area contributed by atoms with Gasteiger partial charge >= 0.3 is 0 Å². The number of guanidine groups is 1. The molecule has 7 heteroatoms. The highest BCUT2D eigenvalue weighted by atomic mass is 32.2. The van der Waals surface area contributed by atoms with Crippen molar-refractivity contribution in [2.24, 2.45) is 10.9 Å². The van der Waals surface area contributed by atoms with E-state index in [1.165, 1.54) is 16.1 Å². The Labute approximate surface area is 171 Å². The quantitative estimate of drug-likeness (QED) is 0.408. The Hall–Kier alpha value is -1.60. The second-order valence-electron chi connectivity index (χ2n) is 7.57. The van der Waals surface area contributed by atoms with Gasteiger partial charge < -0.3 is 10.2 Å². The summed E-state index contributed by atoms with van der Waals surface area (Å²) >= 11 is 0. The lowest BCUT2D eigenvalue weighted by atomic mass is 9.82. The summed E-state index contributed by atoms with van der Waals surface area (Å²) in [5.41, 5.74) is 1.43. The molecule has 2 unspecified atom stereocenters. The second kappa shape index (κ2) is 10.8. The van der Waals surface area contributed by atoms with Crippen molar-refractivity contribution >= 4 is 16.0 Å². The average molecular weight is 409 g/mol. The Morgan fingerprint density at radius 2 is 2.00 bits per heavy atom. The highest BCUT2D eigenvalue weighted by Gasteiger charge is 2.28. The Morgan fingerprint density at radius 1 is 1.29 bits per heavy atom. The van der Waals surface area contributed by atoms with Crippen molar-refractivity contribution < 1.29 is 8.42 Å². The summed E-state index contributed by atoms with van der Waals surface area (Å²) < 4.78 is 24.9. The van der Waals surface area contributed by atoms with Gasteiger partial charge in [-0.05, 0) is 37.2 Å². The predicted octanol–water partition coefficient (Wildman–Crippen LogP) is 2.75. The van der Waals surface area contributed by atoms with Crippen LogP contribution in [0, 0.1) is 5.92 Å². The van der Waals surface area contributed by atoms with Crippen LogP contribution in [0.15, 0.2) is 35.3 Å². The van der Waals surface area contributed by atoms with E-state index in [0.717, 1.165) is 38.4 Å². The smallest absolute Gasteiger partial charge is 0.211 e. The van der Waals surface area contributed by atoms with Crippen LogP contribution in [0.25, 0.3) is 0 Å². The summed E-state index contributed by atoms with van der Waals surface area (Å²) in [5, 5.41) is 3.40. The Morgan fingerprint density at radius 3 is 2.57 bits per heavy atom. The van der Waals surface area contributed by atoms with Gasteiger partial charge in [-0.3, -0.25) is 4.99 Å².